The third-order valence-electron chi connectivity index (χ3n) is 11.2. The van der Waals surface area contributed by atoms with Gasteiger partial charge in [0.1, 0.15) is 0 Å². The molecule has 0 aliphatic heterocycles. The van der Waals surface area contributed by atoms with Crippen LogP contribution in [0.2, 0.25) is 0 Å². The number of hydrogen-bond donors (Lipinski definition) is 2. The van der Waals surface area contributed by atoms with E-state index in [0.717, 1.165) is 64.2 Å². The van der Waals surface area contributed by atoms with E-state index in [2.05, 4.69) is 71.8 Å². The van der Waals surface area contributed by atoms with Crippen molar-refractivity contribution in [2.75, 3.05) is 39.5 Å². The number of rotatable bonds is 45. The number of hydrogen-bond acceptors (Lipinski definition) is 4. The van der Waals surface area contributed by atoms with Gasteiger partial charge in [0.25, 0.3) is 0 Å². The standard InChI is InChI=1S/C56H96N2O4/c1-3-5-7-9-11-13-15-17-19-21-23-25-27-29-31-33-35-37-39-41-43-45-47-55(59)57-49-51-61-53-54-62-52-50-58-56(60)48-46-44-42-40-38-36-34-32-30-28-26-24-22-20-18-16-14-12-10-8-6-4-2/h3-24,33-54H2,1-2H3,(H,57,59)(H,58,60). The maximum absolute atomic E-state index is 12.1. The summed E-state index contributed by atoms with van der Waals surface area (Å²) in [4.78, 5) is 24.2. The molecule has 0 fully saturated rings. The van der Waals surface area contributed by atoms with Gasteiger partial charge >= 0.3 is 0 Å². The van der Waals surface area contributed by atoms with Gasteiger partial charge in [0.05, 0.1) is 26.4 Å². The molecule has 354 valence electrons. The van der Waals surface area contributed by atoms with E-state index in [4.69, 9.17) is 9.47 Å². The fourth-order valence-corrected chi connectivity index (χ4v) is 7.26. The highest BCUT2D eigenvalue weighted by Crippen LogP contribution is 2.13. The van der Waals surface area contributed by atoms with Crippen LogP contribution in [0.25, 0.3) is 0 Å². The van der Waals surface area contributed by atoms with Gasteiger partial charge in [-0.1, -0.05) is 204 Å². The molecule has 62 heavy (non-hydrogen) atoms. The third kappa shape index (κ3) is 53.2. The van der Waals surface area contributed by atoms with E-state index >= 15 is 0 Å². The van der Waals surface area contributed by atoms with Crippen LogP contribution in [0.5, 0.6) is 0 Å². The molecule has 0 aliphatic rings. The Labute approximate surface area is 384 Å². The molecule has 0 aliphatic carbocycles. The fourth-order valence-electron chi connectivity index (χ4n) is 7.26. The minimum atomic E-state index is 0.0947. The average Bonchev–Trinajstić information content (AvgIpc) is 3.27. The van der Waals surface area contributed by atoms with E-state index in [9.17, 15) is 9.59 Å². The van der Waals surface area contributed by atoms with Gasteiger partial charge in [0.15, 0.2) is 0 Å². The molecule has 0 heterocycles. The van der Waals surface area contributed by atoms with Crippen LogP contribution in [-0.4, -0.2) is 51.3 Å². The van der Waals surface area contributed by atoms with Gasteiger partial charge in [-0.2, -0.15) is 0 Å². The summed E-state index contributed by atoms with van der Waals surface area (Å²) < 4.78 is 11.1. The predicted molar refractivity (Wildman–Crippen MR) is 266 cm³/mol. The van der Waals surface area contributed by atoms with E-state index in [0.29, 0.717) is 52.4 Å². The summed E-state index contributed by atoms with van der Waals surface area (Å²) in [6.45, 7) is 7.48. The highest BCUT2D eigenvalue weighted by molar-refractivity contribution is 5.76. The zero-order valence-corrected chi connectivity index (χ0v) is 40.7. The van der Waals surface area contributed by atoms with E-state index in [1.54, 1.807) is 0 Å². The Balaban J connectivity index is 3.37. The Morgan fingerprint density at radius 2 is 0.565 bits per heavy atom. The van der Waals surface area contributed by atoms with Crippen molar-refractivity contribution in [2.45, 2.75) is 258 Å². The number of ether oxygens (including phenoxy) is 2. The number of carbonyl (C=O) groups excluding carboxylic acids is 2. The number of amides is 2. The predicted octanol–water partition coefficient (Wildman–Crippen LogP) is 14.1. The summed E-state index contributed by atoms with van der Waals surface area (Å²) in [5.74, 6) is 25.1. The molecule has 0 unspecified atom stereocenters. The number of nitrogens with one attached hydrogen (secondary N) is 2. The van der Waals surface area contributed by atoms with E-state index in [1.165, 1.54) is 167 Å². The van der Waals surface area contributed by atoms with Crippen molar-refractivity contribution in [1.82, 2.24) is 10.6 Å². The summed E-state index contributed by atoms with van der Waals surface area (Å²) in [5.41, 5.74) is 0. The lowest BCUT2D eigenvalue weighted by Gasteiger charge is -2.08. The minimum absolute atomic E-state index is 0.0947. The molecule has 0 saturated heterocycles. The Morgan fingerprint density at radius 1 is 0.323 bits per heavy atom. The second kappa shape index (κ2) is 54.2. The van der Waals surface area contributed by atoms with Gasteiger partial charge < -0.3 is 20.1 Å². The molecule has 0 aromatic rings. The molecule has 0 atom stereocenters. The van der Waals surface area contributed by atoms with Crippen molar-refractivity contribution in [3.05, 3.63) is 0 Å². The van der Waals surface area contributed by atoms with Crippen LogP contribution in [-0.2, 0) is 19.1 Å². The maximum Gasteiger partial charge on any atom is 0.220 e. The molecular weight excluding hydrogens is 765 g/mol. The largest absolute Gasteiger partial charge is 0.377 e. The van der Waals surface area contributed by atoms with Crippen LogP contribution in [0.15, 0.2) is 0 Å². The van der Waals surface area contributed by atoms with Crippen molar-refractivity contribution in [1.29, 1.82) is 0 Å². The molecular formula is C56H96N2O4. The van der Waals surface area contributed by atoms with Crippen molar-refractivity contribution in [3.63, 3.8) is 0 Å². The van der Waals surface area contributed by atoms with Crippen LogP contribution in [0.1, 0.15) is 258 Å². The summed E-state index contributed by atoms with van der Waals surface area (Å²) in [5, 5.41) is 5.88. The Morgan fingerprint density at radius 3 is 0.839 bits per heavy atom. The molecule has 0 spiro atoms. The zero-order valence-electron chi connectivity index (χ0n) is 40.7. The van der Waals surface area contributed by atoms with E-state index in [1.807, 2.05) is 0 Å². The monoisotopic (exact) mass is 861 g/mol. The molecule has 0 bridgehead atoms. The molecule has 6 nitrogen and oxygen atoms in total. The molecule has 0 radical (unpaired) electrons. The van der Waals surface area contributed by atoms with Crippen LogP contribution < -0.4 is 10.6 Å². The molecule has 6 heteroatoms. The van der Waals surface area contributed by atoms with Crippen LogP contribution in [0.4, 0.5) is 0 Å². The van der Waals surface area contributed by atoms with E-state index < -0.39 is 0 Å². The second-order valence-corrected chi connectivity index (χ2v) is 17.2. The zero-order chi connectivity index (χ0) is 44.8. The van der Waals surface area contributed by atoms with Crippen molar-refractivity contribution in [3.8, 4) is 47.4 Å². The molecule has 0 rings (SSSR count). The summed E-state index contributed by atoms with van der Waals surface area (Å²) >= 11 is 0. The first kappa shape index (κ1) is 59.1. The first-order valence-corrected chi connectivity index (χ1v) is 26.3. The third-order valence-corrected chi connectivity index (χ3v) is 11.2. The number of carbonyl (C=O) groups is 2. The van der Waals surface area contributed by atoms with Crippen LogP contribution in [0.3, 0.4) is 0 Å². The van der Waals surface area contributed by atoms with Gasteiger partial charge in [-0.25, -0.2) is 0 Å². The van der Waals surface area contributed by atoms with Crippen molar-refractivity contribution >= 4 is 11.8 Å². The minimum Gasteiger partial charge on any atom is -0.377 e. The molecule has 2 N–H and O–H groups in total. The van der Waals surface area contributed by atoms with Crippen LogP contribution >= 0.6 is 0 Å². The quantitative estimate of drug-likeness (QED) is 0.0472. The maximum atomic E-state index is 12.1. The van der Waals surface area contributed by atoms with Gasteiger partial charge in [0.2, 0.25) is 11.8 Å². The SMILES string of the molecule is CCCCCCCCCCCCC#CC#CCCCCCCCCC(=O)NCCOCCOCCNC(=O)CCCCCCCCC#CC#CCCCCCCCCCCCC. The first-order chi connectivity index (χ1) is 30.7. The van der Waals surface area contributed by atoms with Crippen LogP contribution in [0, 0.1) is 47.4 Å². The summed E-state index contributed by atoms with van der Waals surface area (Å²) in [7, 11) is 0. The van der Waals surface area contributed by atoms with Gasteiger partial charge in [-0.05, 0) is 62.2 Å². The summed E-state index contributed by atoms with van der Waals surface area (Å²) in [6.07, 6.45) is 45.6. The summed E-state index contributed by atoms with van der Waals surface area (Å²) in [6, 6.07) is 0. The van der Waals surface area contributed by atoms with Gasteiger partial charge in [0, 0.05) is 51.6 Å². The Hall–Kier alpha value is -2.90. The molecule has 2 amide bonds. The first-order valence-electron chi connectivity index (χ1n) is 26.3. The smallest absolute Gasteiger partial charge is 0.220 e. The topological polar surface area (TPSA) is 76.7 Å². The highest BCUT2D eigenvalue weighted by atomic mass is 16.5. The highest BCUT2D eigenvalue weighted by Gasteiger charge is 2.03. The van der Waals surface area contributed by atoms with Crippen molar-refractivity contribution in [2.24, 2.45) is 0 Å². The lowest BCUT2D eigenvalue weighted by Crippen LogP contribution is -2.28. The normalized spacial score (nSPS) is 10.4. The van der Waals surface area contributed by atoms with Gasteiger partial charge in [-0.15, -0.1) is 0 Å². The molecule has 0 saturated carbocycles. The second-order valence-electron chi connectivity index (χ2n) is 17.2. The molecule has 0 aromatic carbocycles. The number of unbranched alkanes of at least 4 members (excludes halogenated alkanes) is 32. The van der Waals surface area contributed by atoms with Gasteiger partial charge in [-0.3, -0.25) is 9.59 Å². The van der Waals surface area contributed by atoms with E-state index in [-0.39, 0.29) is 11.8 Å². The van der Waals surface area contributed by atoms with Crippen molar-refractivity contribution < 1.29 is 19.1 Å². The molecule has 0 aromatic heterocycles. The Kier molecular flexibility index (Phi) is 51.7. The Bertz CT molecular complexity index is 1140. The average molecular weight is 861 g/mol. The fraction of sp³-hybridized carbons (Fsp3) is 0.821. The lowest BCUT2D eigenvalue weighted by molar-refractivity contribution is -0.122. The lowest BCUT2D eigenvalue weighted by atomic mass is 10.1.